The van der Waals surface area contributed by atoms with Crippen LogP contribution in [0.1, 0.15) is 5.56 Å². The molecule has 1 aromatic carbocycles. The van der Waals surface area contributed by atoms with Crippen LogP contribution in [-0.2, 0) is 37.2 Å². The Hall–Kier alpha value is -0.494. The summed E-state index contributed by atoms with van der Waals surface area (Å²) < 4.78 is 57.7. The van der Waals surface area contributed by atoms with E-state index in [0.29, 0.717) is 0 Å². The molecule has 99 valence electrons. The molecule has 7 nitrogen and oxygen atoms in total. The molecule has 0 fully saturated rings. The van der Waals surface area contributed by atoms with Gasteiger partial charge in [0, 0.05) is 0 Å². The molecule has 10 heteroatoms. The Bertz CT molecular complexity index is 528. The van der Waals surface area contributed by atoms with E-state index >= 15 is 0 Å². The molecular formula is C7H9CoNO6S2. The Labute approximate surface area is 110 Å². The van der Waals surface area contributed by atoms with Gasteiger partial charge in [-0.25, -0.2) is 22.0 Å². The van der Waals surface area contributed by atoms with Gasteiger partial charge >= 0.3 is 16.8 Å². The van der Waals surface area contributed by atoms with Crippen molar-refractivity contribution >= 4 is 20.4 Å². The van der Waals surface area contributed by atoms with Gasteiger partial charge in [-0.3, -0.25) is 0 Å². The van der Waals surface area contributed by atoms with Crippen molar-refractivity contribution in [2.24, 2.45) is 5.14 Å². The smallest absolute Gasteiger partial charge is 0.744 e. The predicted molar refractivity (Wildman–Crippen MR) is 53.0 cm³/mol. The van der Waals surface area contributed by atoms with E-state index < -0.39 is 20.4 Å². The molecule has 0 heterocycles. The van der Waals surface area contributed by atoms with Crippen molar-refractivity contribution in [3.63, 3.8) is 0 Å². The Kier molecular flexibility index (Phi) is 7.83. The first-order valence-corrected chi connectivity index (χ1v) is 6.64. The second kappa shape index (κ2) is 7.06. The number of hydrogen-bond acceptors (Lipinski definition) is 6. The maximum absolute atomic E-state index is 10.4. The van der Waals surface area contributed by atoms with Crippen molar-refractivity contribution in [1.29, 1.82) is 0 Å². The zero-order chi connectivity index (χ0) is 13.0. The molecule has 17 heavy (non-hydrogen) atoms. The minimum Gasteiger partial charge on any atom is -0.744 e. The van der Waals surface area contributed by atoms with Gasteiger partial charge in [0.1, 0.15) is 10.1 Å². The van der Waals surface area contributed by atoms with Gasteiger partial charge in [-0.05, 0) is 19.1 Å². The third-order valence-corrected chi connectivity index (χ3v) is 2.16. The van der Waals surface area contributed by atoms with E-state index in [1.54, 1.807) is 12.1 Å². The van der Waals surface area contributed by atoms with E-state index in [4.69, 9.17) is 13.0 Å². The third kappa shape index (κ3) is 11.8. The molecule has 0 amide bonds. The van der Waals surface area contributed by atoms with Gasteiger partial charge in [-0.15, -0.1) is 0 Å². The molecule has 0 aliphatic heterocycles. The molecule has 0 atom stereocenters. The fourth-order valence-electron chi connectivity index (χ4n) is 0.705. The molecule has 0 aliphatic carbocycles. The van der Waals surface area contributed by atoms with Crippen molar-refractivity contribution in [3.05, 3.63) is 29.8 Å². The van der Waals surface area contributed by atoms with E-state index in [0.717, 1.165) is 5.56 Å². The maximum Gasteiger partial charge on any atom is 2.00 e. The van der Waals surface area contributed by atoms with Crippen LogP contribution in [0.3, 0.4) is 0 Å². The van der Waals surface area contributed by atoms with Crippen LogP contribution < -0.4 is 5.14 Å². The van der Waals surface area contributed by atoms with Crippen LogP contribution in [0, 0.1) is 6.92 Å². The van der Waals surface area contributed by atoms with Crippen LogP contribution in [0.15, 0.2) is 29.2 Å². The average Bonchev–Trinajstić information content (AvgIpc) is 1.99. The number of benzene rings is 1. The molecule has 0 unspecified atom stereocenters. The molecule has 0 saturated carbocycles. The number of hydrogen-bond donors (Lipinski definition) is 1. The molecule has 0 saturated heterocycles. The molecule has 1 rings (SSSR count). The quantitative estimate of drug-likeness (QED) is 0.677. The summed E-state index contributed by atoms with van der Waals surface area (Å²) in [5, 5.41) is 3.77. The average molecular weight is 326 g/mol. The molecule has 0 aromatic heterocycles. The second-order valence-corrected chi connectivity index (χ2v) is 5.13. The van der Waals surface area contributed by atoms with Crippen LogP contribution in [0.4, 0.5) is 0 Å². The summed E-state index contributed by atoms with van der Waals surface area (Å²) in [6, 6.07) is 5.78. The van der Waals surface area contributed by atoms with E-state index in [-0.39, 0.29) is 21.7 Å². The van der Waals surface area contributed by atoms with Crippen LogP contribution in [0.5, 0.6) is 0 Å². The van der Waals surface area contributed by atoms with Crippen molar-refractivity contribution in [2.45, 2.75) is 11.8 Å². The van der Waals surface area contributed by atoms with Crippen molar-refractivity contribution in [1.82, 2.24) is 0 Å². The summed E-state index contributed by atoms with van der Waals surface area (Å²) in [6.07, 6.45) is 0. The first-order valence-electron chi connectivity index (χ1n) is 3.76. The van der Waals surface area contributed by atoms with Crippen LogP contribution >= 0.6 is 0 Å². The molecule has 0 spiro atoms. The molecule has 1 aromatic rings. The normalized spacial score (nSPS) is 10.8. The maximum atomic E-state index is 10.4. The topological polar surface area (TPSA) is 140 Å². The number of aryl methyl sites for hydroxylation is 1. The van der Waals surface area contributed by atoms with Crippen LogP contribution in [-0.4, -0.2) is 25.9 Å². The van der Waals surface area contributed by atoms with Gasteiger partial charge in [0.05, 0.1) is 4.90 Å². The SMILES string of the molecule is Cc1ccc(S(=O)(=O)[O-])cc1.NS(=O)(=O)[O-].[Co+2]. The van der Waals surface area contributed by atoms with Gasteiger partial charge in [-0.2, -0.15) is 0 Å². The van der Waals surface area contributed by atoms with Crippen LogP contribution in [0.2, 0.25) is 0 Å². The summed E-state index contributed by atoms with van der Waals surface area (Å²) in [7, 11) is -8.69. The zero-order valence-corrected chi connectivity index (χ0v) is 11.2. The summed E-state index contributed by atoms with van der Waals surface area (Å²) in [6.45, 7) is 1.82. The second-order valence-electron chi connectivity index (χ2n) is 2.76. The molecule has 0 bridgehead atoms. The van der Waals surface area contributed by atoms with Crippen molar-refractivity contribution < 1.29 is 42.7 Å². The largest absolute Gasteiger partial charge is 2.00 e. The monoisotopic (exact) mass is 326 g/mol. The fraction of sp³-hybridized carbons (Fsp3) is 0.143. The van der Waals surface area contributed by atoms with Gasteiger partial charge < -0.3 is 9.11 Å². The van der Waals surface area contributed by atoms with Gasteiger partial charge in [-0.1, -0.05) is 17.7 Å². The minimum atomic E-state index is -4.42. The van der Waals surface area contributed by atoms with Gasteiger partial charge in [0.25, 0.3) is 0 Å². The molecule has 1 radical (unpaired) electrons. The number of nitrogens with two attached hydrogens (primary N) is 1. The van der Waals surface area contributed by atoms with E-state index in [9.17, 15) is 13.0 Å². The summed E-state index contributed by atoms with van der Waals surface area (Å²) in [4.78, 5) is -0.178. The first-order chi connectivity index (χ1) is 7.00. The standard InChI is InChI=1S/C7H8O3S.Co.H3NO3S/c1-6-2-4-7(5-3-6)11(8,9)10;;1-5(2,3)4/h2-5H,1H3,(H,8,9,10);;(H3,1,2,3,4)/q;+2;/p-2. The zero-order valence-electron chi connectivity index (χ0n) is 8.49. The summed E-state index contributed by atoms with van der Waals surface area (Å²) in [5.74, 6) is 0. The van der Waals surface area contributed by atoms with Crippen molar-refractivity contribution in [2.75, 3.05) is 0 Å². The van der Waals surface area contributed by atoms with E-state index in [1.165, 1.54) is 12.1 Å². The van der Waals surface area contributed by atoms with E-state index in [1.807, 2.05) is 6.92 Å². The Morgan fingerprint density at radius 1 is 1.00 bits per heavy atom. The Morgan fingerprint density at radius 3 is 1.53 bits per heavy atom. The summed E-state index contributed by atoms with van der Waals surface area (Å²) in [5.41, 5.74) is 0.928. The van der Waals surface area contributed by atoms with Crippen LogP contribution in [0.25, 0.3) is 0 Å². The summed E-state index contributed by atoms with van der Waals surface area (Å²) >= 11 is 0. The minimum absolute atomic E-state index is 0. The Balaban J connectivity index is 0. The number of rotatable bonds is 1. The third-order valence-electron chi connectivity index (χ3n) is 1.31. The Morgan fingerprint density at radius 2 is 1.29 bits per heavy atom. The van der Waals surface area contributed by atoms with Crippen molar-refractivity contribution in [3.8, 4) is 0 Å². The molecular weight excluding hydrogens is 317 g/mol. The molecule has 0 aliphatic rings. The van der Waals surface area contributed by atoms with Gasteiger partial charge in [0.2, 0.25) is 0 Å². The van der Waals surface area contributed by atoms with Gasteiger partial charge in [0.15, 0.2) is 10.3 Å². The first kappa shape index (κ1) is 18.9. The van der Waals surface area contributed by atoms with E-state index in [2.05, 4.69) is 5.14 Å². The predicted octanol–water partition coefficient (Wildman–Crippen LogP) is -0.698. The molecule has 2 N–H and O–H groups in total. The fourth-order valence-corrected chi connectivity index (χ4v) is 1.17.